The second kappa shape index (κ2) is 3.43. The first kappa shape index (κ1) is 9.79. The van der Waals surface area contributed by atoms with Crippen LogP contribution in [0.4, 0.5) is 0 Å². The monoisotopic (exact) mass is 206 g/mol. The van der Waals surface area contributed by atoms with Gasteiger partial charge in [0.1, 0.15) is 0 Å². The van der Waals surface area contributed by atoms with Crippen LogP contribution in [0, 0.1) is 12.8 Å². The summed E-state index contributed by atoms with van der Waals surface area (Å²) in [5, 5.41) is 0.981. The molecule has 0 amide bonds. The summed E-state index contributed by atoms with van der Waals surface area (Å²) >= 11 is 6.34. The maximum absolute atomic E-state index is 6.34. The summed E-state index contributed by atoms with van der Waals surface area (Å²) in [4.78, 5) is 0. The standard InChI is InChI=1S/C13H15Cl/c1-8(2)12-7-10-6-9(3)4-5-11(10)13(12)14/h4-6,8H,7H2,1-3H3. The molecule has 0 saturated heterocycles. The number of benzene rings is 1. The van der Waals surface area contributed by atoms with E-state index in [-0.39, 0.29) is 0 Å². The van der Waals surface area contributed by atoms with Crippen molar-refractivity contribution in [2.75, 3.05) is 0 Å². The number of hydrogen-bond acceptors (Lipinski definition) is 0. The molecule has 0 fully saturated rings. The molecule has 0 aromatic heterocycles. The summed E-state index contributed by atoms with van der Waals surface area (Å²) in [7, 11) is 0. The smallest absolute Gasteiger partial charge is 0.0479 e. The second-order valence-electron chi connectivity index (χ2n) is 4.33. The summed E-state index contributed by atoms with van der Waals surface area (Å²) in [6, 6.07) is 6.51. The van der Waals surface area contributed by atoms with Gasteiger partial charge in [-0.15, -0.1) is 0 Å². The minimum absolute atomic E-state index is 0.551. The van der Waals surface area contributed by atoms with Crippen molar-refractivity contribution < 1.29 is 0 Å². The molecule has 1 aliphatic rings. The van der Waals surface area contributed by atoms with E-state index in [2.05, 4.69) is 39.0 Å². The van der Waals surface area contributed by atoms with Gasteiger partial charge in [-0.3, -0.25) is 0 Å². The minimum atomic E-state index is 0.551. The Morgan fingerprint density at radius 3 is 2.64 bits per heavy atom. The van der Waals surface area contributed by atoms with Crippen molar-refractivity contribution in [1.82, 2.24) is 0 Å². The molecule has 0 unspecified atom stereocenters. The van der Waals surface area contributed by atoms with Crippen LogP contribution in [0.5, 0.6) is 0 Å². The normalized spacial score (nSPS) is 15.2. The number of hydrogen-bond donors (Lipinski definition) is 0. The fourth-order valence-electron chi connectivity index (χ4n) is 2.00. The van der Waals surface area contributed by atoms with Gasteiger partial charge in [-0.25, -0.2) is 0 Å². The van der Waals surface area contributed by atoms with Gasteiger partial charge in [0.2, 0.25) is 0 Å². The topological polar surface area (TPSA) is 0 Å². The van der Waals surface area contributed by atoms with Crippen molar-refractivity contribution in [3.05, 3.63) is 40.5 Å². The van der Waals surface area contributed by atoms with E-state index in [1.54, 1.807) is 0 Å². The van der Waals surface area contributed by atoms with Gasteiger partial charge >= 0.3 is 0 Å². The predicted molar refractivity (Wildman–Crippen MR) is 62.5 cm³/mol. The van der Waals surface area contributed by atoms with Gasteiger partial charge < -0.3 is 0 Å². The third-order valence-corrected chi connectivity index (χ3v) is 3.30. The zero-order valence-corrected chi connectivity index (χ0v) is 9.65. The highest BCUT2D eigenvalue weighted by Crippen LogP contribution is 2.38. The Morgan fingerprint density at radius 2 is 2.00 bits per heavy atom. The molecule has 1 heteroatoms. The lowest BCUT2D eigenvalue weighted by atomic mass is 10.0. The Balaban J connectivity index is 2.47. The number of rotatable bonds is 1. The van der Waals surface area contributed by atoms with Crippen molar-refractivity contribution >= 4 is 16.6 Å². The van der Waals surface area contributed by atoms with E-state index in [0.717, 1.165) is 11.5 Å². The highest BCUT2D eigenvalue weighted by molar-refractivity contribution is 6.50. The van der Waals surface area contributed by atoms with Crippen LogP contribution in [-0.4, -0.2) is 0 Å². The molecular weight excluding hydrogens is 192 g/mol. The SMILES string of the molecule is Cc1ccc2c(c1)CC(C(C)C)=C2Cl. The van der Waals surface area contributed by atoms with Gasteiger partial charge in [0.25, 0.3) is 0 Å². The molecule has 74 valence electrons. The molecule has 0 heterocycles. The average molecular weight is 207 g/mol. The third kappa shape index (κ3) is 1.48. The summed E-state index contributed by atoms with van der Waals surface area (Å²) in [5.41, 5.74) is 5.32. The molecule has 2 rings (SSSR count). The van der Waals surface area contributed by atoms with Crippen molar-refractivity contribution in [1.29, 1.82) is 0 Å². The maximum atomic E-state index is 6.34. The van der Waals surface area contributed by atoms with Crippen molar-refractivity contribution in [2.24, 2.45) is 5.92 Å². The molecule has 0 nitrogen and oxygen atoms in total. The van der Waals surface area contributed by atoms with E-state index in [1.807, 2.05) is 0 Å². The molecule has 0 aliphatic heterocycles. The van der Waals surface area contributed by atoms with E-state index in [0.29, 0.717) is 5.92 Å². The zero-order valence-electron chi connectivity index (χ0n) is 8.89. The molecule has 1 aliphatic carbocycles. The van der Waals surface area contributed by atoms with Crippen LogP contribution in [0.15, 0.2) is 23.8 Å². The van der Waals surface area contributed by atoms with Crippen LogP contribution in [0.25, 0.3) is 5.03 Å². The molecule has 1 aromatic rings. The average Bonchev–Trinajstić information content (AvgIpc) is 2.43. The molecule has 0 bridgehead atoms. The van der Waals surface area contributed by atoms with Gasteiger partial charge in [-0.2, -0.15) is 0 Å². The van der Waals surface area contributed by atoms with E-state index in [1.165, 1.54) is 22.3 Å². The first-order chi connectivity index (χ1) is 6.59. The quantitative estimate of drug-likeness (QED) is 0.648. The van der Waals surface area contributed by atoms with Crippen LogP contribution in [0.3, 0.4) is 0 Å². The van der Waals surface area contributed by atoms with Gasteiger partial charge in [0, 0.05) is 5.03 Å². The van der Waals surface area contributed by atoms with Crippen LogP contribution in [0.2, 0.25) is 0 Å². The van der Waals surface area contributed by atoms with Crippen LogP contribution < -0.4 is 0 Å². The lowest BCUT2D eigenvalue weighted by Crippen LogP contribution is -1.93. The second-order valence-corrected chi connectivity index (χ2v) is 4.71. The number of allylic oxidation sites excluding steroid dienone is 1. The molecule has 0 radical (unpaired) electrons. The lowest BCUT2D eigenvalue weighted by Gasteiger charge is -2.05. The minimum Gasteiger partial charge on any atom is -0.0837 e. The van der Waals surface area contributed by atoms with Crippen molar-refractivity contribution in [3.8, 4) is 0 Å². The highest BCUT2D eigenvalue weighted by Gasteiger charge is 2.21. The molecule has 0 spiro atoms. The van der Waals surface area contributed by atoms with Crippen LogP contribution in [0.1, 0.15) is 30.5 Å². The zero-order chi connectivity index (χ0) is 10.3. The Hall–Kier alpha value is -0.750. The van der Waals surface area contributed by atoms with E-state index in [9.17, 15) is 0 Å². The Kier molecular flexibility index (Phi) is 2.40. The van der Waals surface area contributed by atoms with Crippen LogP contribution >= 0.6 is 11.6 Å². The Morgan fingerprint density at radius 1 is 1.29 bits per heavy atom. The van der Waals surface area contributed by atoms with Gasteiger partial charge in [0.05, 0.1) is 0 Å². The maximum Gasteiger partial charge on any atom is 0.0479 e. The van der Waals surface area contributed by atoms with Crippen LogP contribution in [-0.2, 0) is 6.42 Å². The first-order valence-corrected chi connectivity index (χ1v) is 5.46. The molecule has 0 N–H and O–H groups in total. The van der Waals surface area contributed by atoms with Gasteiger partial charge in [0.15, 0.2) is 0 Å². The summed E-state index contributed by atoms with van der Waals surface area (Å²) in [6.45, 7) is 6.54. The summed E-state index contributed by atoms with van der Waals surface area (Å²) in [6.07, 6.45) is 1.04. The molecule has 1 aromatic carbocycles. The third-order valence-electron chi connectivity index (χ3n) is 2.86. The van der Waals surface area contributed by atoms with Gasteiger partial charge in [-0.05, 0) is 36.0 Å². The molecular formula is C13H15Cl. The number of fused-ring (bicyclic) bond motifs is 1. The predicted octanol–water partition coefficient (Wildman–Crippen LogP) is 4.16. The van der Waals surface area contributed by atoms with Crippen molar-refractivity contribution in [3.63, 3.8) is 0 Å². The highest BCUT2D eigenvalue weighted by atomic mass is 35.5. The lowest BCUT2D eigenvalue weighted by molar-refractivity contribution is 0.753. The number of aryl methyl sites for hydroxylation is 1. The fourth-order valence-corrected chi connectivity index (χ4v) is 2.47. The number of halogens is 1. The largest absolute Gasteiger partial charge is 0.0837 e. The van der Waals surface area contributed by atoms with Crippen molar-refractivity contribution in [2.45, 2.75) is 27.2 Å². The molecule has 0 atom stereocenters. The summed E-state index contributed by atoms with van der Waals surface area (Å²) < 4.78 is 0. The fraction of sp³-hybridized carbons (Fsp3) is 0.385. The van der Waals surface area contributed by atoms with E-state index >= 15 is 0 Å². The van der Waals surface area contributed by atoms with Gasteiger partial charge in [-0.1, -0.05) is 49.2 Å². The van der Waals surface area contributed by atoms with E-state index in [4.69, 9.17) is 11.6 Å². The first-order valence-electron chi connectivity index (χ1n) is 5.08. The summed E-state index contributed by atoms with van der Waals surface area (Å²) in [5.74, 6) is 0.551. The Bertz CT molecular complexity index is 400. The Labute approximate surface area is 90.6 Å². The molecule has 0 saturated carbocycles. The molecule has 14 heavy (non-hydrogen) atoms. The van der Waals surface area contributed by atoms with E-state index < -0.39 is 0 Å².